The lowest BCUT2D eigenvalue weighted by atomic mass is 9.99. The molecule has 0 aliphatic carbocycles. The number of halogens is 1. The van der Waals surface area contributed by atoms with E-state index in [1.807, 2.05) is 6.07 Å². The Morgan fingerprint density at radius 1 is 1.35 bits per heavy atom. The van der Waals surface area contributed by atoms with Crippen molar-refractivity contribution in [2.24, 2.45) is 0 Å². The van der Waals surface area contributed by atoms with Crippen molar-refractivity contribution in [3.63, 3.8) is 0 Å². The summed E-state index contributed by atoms with van der Waals surface area (Å²) in [4.78, 5) is 23.8. The molecule has 1 aliphatic rings. The molecule has 1 heterocycles. The van der Waals surface area contributed by atoms with Crippen molar-refractivity contribution in [3.8, 4) is 0 Å². The number of alkyl halides is 1. The second kappa shape index (κ2) is 8.42. The predicted molar refractivity (Wildman–Crippen MR) is 87.3 cm³/mol. The number of carbonyl (C=O) groups is 2. The second-order valence-electron chi connectivity index (χ2n) is 5.27. The summed E-state index contributed by atoms with van der Waals surface area (Å²) in [5, 5.41) is 3.27. The van der Waals surface area contributed by atoms with Gasteiger partial charge in [-0.05, 0) is 12.1 Å². The van der Waals surface area contributed by atoms with Gasteiger partial charge < -0.3 is 19.5 Å². The highest BCUT2D eigenvalue weighted by molar-refractivity contribution is 9.09. The number of hydrogen-bond acceptors (Lipinski definition) is 5. The molecule has 1 fully saturated rings. The summed E-state index contributed by atoms with van der Waals surface area (Å²) in [6, 6.07) is 8.35. The first-order valence-corrected chi connectivity index (χ1v) is 8.44. The molecule has 0 radical (unpaired) electrons. The van der Waals surface area contributed by atoms with Gasteiger partial charge in [0.2, 0.25) is 5.91 Å². The molecule has 2 rings (SSSR count). The van der Waals surface area contributed by atoms with Crippen molar-refractivity contribution in [2.75, 3.05) is 12.4 Å². The lowest BCUT2D eigenvalue weighted by Crippen LogP contribution is -2.57. The molecule has 1 saturated heterocycles. The maximum Gasteiger partial charge on any atom is 0.338 e. The van der Waals surface area contributed by atoms with E-state index in [1.165, 1.54) is 14.0 Å². The Hall–Kier alpha value is -1.44. The van der Waals surface area contributed by atoms with E-state index < -0.39 is 24.5 Å². The van der Waals surface area contributed by atoms with Crippen molar-refractivity contribution in [1.29, 1.82) is 0 Å². The first-order valence-electron chi connectivity index (χ1n) is 7.32. The Bertz CT molecular complexity index is 539. The highest BCUT2D eigenvalue weighted by Crippen LogP contribution is 2.25. The number of methoxy groups -OCH3 is 1. The maximum absolute atomic E-state index is 12.3. The molecule has 7 heteroatoms. The predicted octanol–water partition coefficient (Wildman–Crippen LogP) is 1.87. The Morgan fingerprint density at radius 3 is 2.61 bits per heavy atom. The van der Waals surface area contributed by atoms with E-state index in [4.69, 9.17) is 14.2 Å². The highest BCUT2D eigenvalue weighted by Gasteiger charge is 2.41. The van der Waals surface area contributed by atoms with E-state index in [1.54, 1.807) is 24.3 Å². The second-order valence-corrected chi connectivity index (χ2v) is 5.92. The topological polar surface area (TPSA) is 73.9 Å². The lowest BCUT2D eigenvalue weighted by Gasteiger charge is -2.40. The average molecular weight is 386 g/mol. The van der Waals surface area contributed by atoms with Gasteiger partial charge in [-0.2, -0.15) is 0 Å². The number of nitrogens with one attached hydrogen (secondary N) is 1. The third kappa shape index (κ3) is 4.76. The summed E-state index contributed by atoms with van der Waals surface area (Å²) in [7, 11) is 1.54. The van der Waals surface area contributed by atoms with Crippen LogP contribution in [-0.2, 0) is 19.0 Å². The zero-order chi connectivity index (χ0) is 16.8. The molecule has 0 unspecified atom stereocenters. The number of benzene rings is 1. The number of esters is 1. The average Bonchev–Trinajstić information content (AvgIpc) is 2.56. The summed E-state index contributed by atoms with van der Waals surface area (Å²) >= 11 is 3.36. The first-order chi connectivity index (χ1) is 11.0. The molecule has 0 aromatic heterocycles. The zero-order valence-electron chi connectivity index (χ0n) is 13.0. The number of ether oxygens (including phenoxy) is 3. The van der Waals surface area contributed by atoms with Gasteiger partial charge in [0.25, 0.3) is 0 Å². The molecule has 0 saturated carbocycles. The Kier molecular flexibility index (Phi) is 6.56. The molecule has 23 heavy (non-hydrogen) atoms. The maximum atomic E-state index is 12.3. The molecule has 1 aromatic rings. The van der Waals surface area contributed by atoms with Gasteiger partial charge in [0.05, 0.1) is 11.6 Å². The molecule has 1 N–H and O–H groups in total. The van der Waals surface area contributed by atoms with Crippen molar-refractivity contribution in [1.82, 2.24) is 5.32 Å². The van der Waals surface area contributed by atoms with Crippen LogP contribution in [0.25, 0.3) is 0 Å². The third-order valence-electron chi connectivity index (χ3n) is 3.59. The molecule has 1 amide bonds. The van der Waals surface area contributed by atoms with Gasteiger partial charge in [0, 0.05) is 25.8 Å². The largest absolute Gasteiger partial charge is 0.454 e. The van der Waals surface area contributed by atoms with Gasteiger partial charge in [-0.25, -0.2) is 4.79 Å². The summed E-state index contributed by atoms with van der Waals surface area (Å²) in [6.45, 7) is 1.43. The van der Waals surface area contributed by atoms with Crippen LogP contribution in [0.15, 0.2) is 30.3 Å². The molecule has 126 valence electrons. The fraction of sp³-hybridized carbons (Fsp3) is 0.500. The van der Waals surface area contributed by atoms with Gasteiger partial charge in [0.1, 0.15) is 12.2 Å². The Labute approximate surface area is 143 Å². The molecule has 0 bridgehead atoms. The quantitative estimate of drug-likeness (QED) is 0.618. The zero-order valence-corrected chi connectivity index (χ0v) is 14.6. The van der Waals surface area contributed by atoms with Gasteiger partial charge in [-0.15, -0.1) is 0 Å². The van der Waals surface area contributed by atoms with Crippen molar-refractivity contribution in [2.45, 2.75) is 37.9 Å². The van der Waals surface area contributed by atoms with Crippen LogP contribution in [0.3, 0.4) is 0 Å². The van der Waals surface area contributed by atoms with E-state index >= 15 is 0 Å². The van der Waals surface area contributed by atoms with Crippen LogP contribution < -0.4 is 5.32 Å². The number of amides is 1. The highest BCUT2D eigenvalue weighted by atomic mass is 79.9. The van der Waals surface area contributed by atoms with E-state index in [9.17, 15) is 9.59 Å². The van der Waals surface area contributed by atoms with Gasteiger partial charge >= 0.3 is 5.97 Å². The number of carbonyl (C=O) groups excluding carboxylic acids is 2. The lowest BCUT2D eigenvalue weighted by molar-refractivity contribution is -0.213. The molecule has 6 nitrogen and oxygen atoms in total. The van der Waals surface area contributed by atoms with Crippen molar-refractivity contribution >= 4 is 27.8 Å². The monoisotopic (exact) mass is 385 g/mol. The first kappa shape index (κ1) is 17.9. The van der Waals surface area contributed by atoms with E-state index in [-0.39, 0.29) is 11.9 Å². The van der Waals surface area contributed by atoms with Crippen LogP contribution in [0.1, 0.15) is 23.7 Å². The third-order valence-corrected chi connectivity index (χ3v) is 4.23. The van der Waals surface area contributed by atoms with Crippen molar-refractivity contribution < 1.29 is 23.8 Å². The summed E-state index contributed by atoms with van der Waals surface area (Å²) in [6.07, 6.45) is -1.07. The number of rotatable bonds is 5. The molecular weight excluding hydrogens is 366 g/mol. The SMILES string of the molecule is CO[C@@H]1C[C@H](NC(C)=O)[C@@H](OC(=O)c2ccccc2)[C@@H](CBr)O1. The summed E-state index contributed by atoms with van der Waals surface area (Å²) in [5.41, 5.74) is 0.455. The normalized spacial score (nSPS) is 27.3. The minimum Gasteiger partial charge on any atom is -0.454 e. The summed E-state index contributed by atoms with van der Waals surface area (Å²) < 4.78 is 16.6. The molecular formula is C16H20BrNO5. The molecule has 4 atom stereocenters. The van der Waals surface area contributed by atoms with Gasteiger partial charge in [0.15, 0.2) is 6.29 Å². The molecule has 1 aliphatic heterocycles. The van der Waals surface area contributed by atoms with Crippen LogP contribution in [0, 0.1) is 0 Å². The van der Waals surface area contributed by atoms with Crippen LogP contribution in [0.4, 0.5) is 0 Å². The van der Waals surface area contributed by atoms with E-state index in [2.05, 4.69) is 21.2 Å². The number of hydrogen-bond donors (Lipinski definition) is 1. The van der Waals surface area contributed by atoms with Gasteiger partial charge in [-0.3, -0.25) is 4.79 Å². The molecule has 0 spiro atoms. The van der Waals surface area contributed by atoms with Crippen molar-refractivity contribution in [3.05, 3.63) is 35.9 Å². The smallest absolute Gasteiger partial charge is 0.338 e. The minimum absolute atomic E-state index is 0.194. The Morgan fingerprint density at radius 2 is 2.04 bits per heavy atom. The fourth-order valence-electron chi connectivity index (χ4n) is 2.53. The van der Waals surface area contributed by atoms with Gasteiger partial charge in [-0.1, -0.05) is 34.1 Å². The van der Waals surface area contributed by atoms with E-state index in [0.717, 1.165) is 0 Å². The molecule has 1 aromatic carbocycles. The fourth-order valence-corrected chi connectivity index (χ4v) is 3.05. The van der Waals surface area contributed by atoms with Crippen LogP contribution in [-0.4, -0.2) is 48.9 Å². The van der Waals surface area contributed by atoms with Crippen LogP contribution in [0.2, 0.25) is 0 Å². The standard InChI is InChI=1S/C16H20BrNO5/c1-10(19)18-12-8-14(21-2)22-13(9-17)15(12)23-16(20)11-6-4-3-5-7-11/h3-7,12-15H,8-9H2,1-2H3,(H,18,19)/t12-,13+,14-,15+/m0/s1. The Balaban J connectivity index is 2.16. The summed E-state index contributed by atoms with van der Waals surface area (Å²) in [5.74, 6) is -0.641. The van der Waals surface area contributed by atoms with E-state index in [0.29, 0.717) is 17.3 Å². The van der Waals surface area contributed by atoms with Crippen LogP contribution >= 0.6 is 15.9 Å². The van der Waals surface area contributed by atoms with Crippen LogP contribution in [0.5, 0.6) is 0 Å². The minimum atomic E-state index is -0.600.